The van der Waals surface area contributed by atoms with Crippen LogP contribution >= 0.6 is 0 Å². The quantitative estimate of drug-likeness (QED) is 0.691. The molecule has 0 radical (unpaired) electrons. The standard InChI is InChI=1S/C11H12N2O2/c1-2-5-13(6-9-3-4-9)11(14)10-7-15-8-12-10/h1,7-9H,3-6H2. The van der Waals surface area contributed by atoms with Crippen LogP contribution < -0.4 is 0 Å². The van der Waals surface area contributed by atoms with Gasteiger partial charge in [-0.2, -0.15) is 0 Å². The zero-order chi connectivity index (χ0) is 10.7. The third kappa shape index (κ3) is 2.38. The Morgan fingerprint density at radius 1 is 1.73 bits per heavy atom. The summed E-state index contributed by atoms with van der Waals surface area (Å²) in [5.41, 5.74) is 0.325. The van der Waals surface area contributed by atoms with E-state index in [-0.39, 0.29) is 5.91 Å². The smallest absolute Gasteiger partial charge is 0.276 e. The van der Waals surface area contributed by atoms with E-state index in [0.717, 1.165) is 6.54 Å². The molecule has 0 atom stereocenters. The lowest BCUT2D eigenvalue weighted by Gasteiger charge is -2.18. The van der Waals surface area contributed by atoms with Gasteiger partial charge in [0.25, 0.3) is 5.91 Å². The number of rotatable bonds is 4. The Morgan fingerprint density at radius 3 is 3.07 bits per heavy atom. The summed E-state index contributed by atoms with van der Waals surface area (Å²) in [6.45, 7) is 1.07. The first-order chi connectivity index (χ1) is 7.31. The van der Waals surface area contributed by atoms with Crippen molar-refractivity contribution in [2.75, 3.05) is 13.1 Å². The van der Waals surface area contributed by atoms with E-state index in [1.54, 1.807) is 4.90 Å². The fourth-order valence-corrected chi connectivity index (χ4v) is 1.42. The maximum atomic E-state index is 11.9. The summed E-state index contributed by atoms with van der Waals surface area (Å²) >= 11 is 0. The first-order valence-electron chi connectivity index (χ1n) is 4.92. The van der Waals surface area contributed by atoms with Crippen molar-refractivity contribution in [1.29, 1.82) is 0 Å². The summed E-state index contributed by atoms with van der Waals surface area (Å²) in [7, 11) is 0. The van der Waals surface area contributed by atoms with Gasteiger partial charge >= 0.3 is 0 Å². The Bertz CT molecular complexity index is 374. The van der Waals surface area contributed by atoms with Crippen LogP contribution in [0.4, 0.5) is 0 Å². The normalized spacial score (nSPS) is 14.6. The maximum absolute atomic E-state index is 11.9. The number of terminal acetylenes is 1. The van der Waals surface area contributed by atoms with Crippen molar-refractivity contribution in [1.82, 2.24) is 9.88 Å². The molecule has 1 aromatic rings. The molecular formula is C11H12N2O2. The largest absolute Gasteiger partial charge is 0.451 e. The molecule has 2 rings (SSSR count). The van der Waals surface area contributed by atoms with Gasteiger partial charge in [0, 0.05) is 6.54 Å². The van der Waals surface area contributed by atoms with Crippen LogP contribution in [0.5, 0.6) is 0 Å². The van der Waals surface area contributed by atoms with Crippen LogP contribution in [-0.4, -0.2) is 28.9 Å². The minimum absolute atomic E-state index is 0.145. The summed E-state index contributed by atoms with van der Waals surface area (Å²) in [5, 5.41) is 0. The lowest BCUT2D eigenvalue weighted by molar-refractivity contribution is 0.0764. The second-order valence-electron chi connectivity index (χ2n) is 3.71. The summed E-state index contributed by atoms with van der Waals surface area (Å²) in [6.07, 6.45) is 10.2. The Morgan fingerprint density at radius 2 is 2.53 bits per heavy atom. The Hall–Kier alpha value is -1.76. The first-order valence-corrected chi connectivity index (χ1v) is 4.92. The molecule has 0 aromatic carbocycles. The van der Waals surface area contributed by atoms with E-state index in [2.05, 4.69) is 10.9 Å². The predicted octanol–water partition coefficient (Wildman–Crippen LogP) is 1.16. The SMILES string of the molecule is C#CCN(CC1CC1)C(=O)c1cocn1. The number of nitrogens with zero attached hydrogens (tertiary/aromatic N) is 2. The topological polar surface area (TPSA) is 46.3 Å². The molecule has 1 saturated carbocycles. The van der Waals surface area contributed by atoms with Crippen molar-refractivity contribution in [2.24, 2.45) is 5.92 Å². The Kier molecular flexibility index (Phi) is 2.72. The van der Waals surface area contributed by atoms with Crippen LogP contribution in [0.15, 0.2) is 17.1 Å². The van der Waals surface area contributed by atoms with Crippen molar-refractivity contribution in [3.63, 3.8) is 0 Å². The highest BCUT2D eigenvalue weighted by molar-refractivity contribution is 5.92. The summed E-state index contributed by atoms with van der Waals surface area (Å²) in [5.74, 6) is 2.97. The molecule has 1 heterocycles. The first kappa shape index (κ1) is 9.78. The Balaban J connectivity index is 2.03. The summed E-state index contributed by atoms with van der Waals surface area (Å²) in [6, 6.07) is 0. The number of oxazole rings is 1. The number of hydrogen-bond acceptors (Lipinski definition) is 3. The van der Waals surface area contributed by atoms with Crippen LogP contribution in [-0.2, 0) is 0 Å². The molecule has 0 saturated heterocycles. The number of amides is 1. The fraction of sp³-hybridized carbons (Fsp3) is 0.455. The van der Waals surface area contributed by atoms with Crippen LogP contribution in [0.25, 0.3) is 0 Å². The van der Waals surface area contributed by atoms with E-state index in [4.69, 9.17) is 10.8 Å². The van der Waals surface area contributed by atoms with Crippen molar-refractivity contribution in [2.45, 2.75) is 12.8 Å². The average Bonchev–Trinajstić information content (AvgIpc) is 2.88. The van der Waals surface area contributed by atoms with Crippen LogP contribution in [0.3, 0.4) is 0 Å². The molecule has 1 aliphatic carbocycles. The molecule has 0 spiro atoms. The zero-order valence-corrected chi connectivity index (χ0v) is 8.35. The molecule has 1 aliphatic rings. The fourth-order valence-electron chi connectivity index (χ4n) is 1.42. The molecule has 15 heavy (non-hydrogen) atoms. The van der Waals surface area contributed by atoms with Gasteiger partial charge in [0.1, 0.15) is 6.26 Å². The van der Waals surface area contributed by atoms with Gasteiger partial charge in [-0.3, -0.25) is 4.79 Å². The lowest BCUT2D eigenvalue weighted by Crippen LogP contribution is -2.33. The van der Waals surface area contributed by atoms with Crippen LogP contribution in [0.2, 0.25) is 0 Å². The minimum Gasteiger partial charge on any atom is -0.451 e. The molecule has 0 bridgehead atoms. The van der Waals surface area contributed by atoms with E-state index in [9.17, 15) is 4.79 Å². The third-order valence-electron chi connectivity index (χ3n) is 2.40. The Labute approximate surface area is 88.3 Å². The molecule has 0 N–H and O–H groups in total. The molecular weight excluding hydrogens is 192 g/mol. The highest BCUT2D eigenvalue weighted by Gasteiger charge is 2.27. The molecule has 4 nitrogen and oxygen atoms in total. The highest BCUT2D eigenvalue weighted by Crippen LogP contribution is 2.29. The van der Waals surface area contributed by atoms with Crippen molar-refractivity contribution < 1.29 is 9.21 Å². The molecule has 78 valence electrons. The van der Waals surface area contributed by atoms with Crippen LogP contribution in [0, 0.1) is 18.3 Å². The second kappa shape index (κ2) is 4.18. The second-order valence-corrected chi connectivity index (χ2v) is 3.71. The summed E-state index contributed by atoms with van der Waals surface area (Å²) < 4.78 is 4.77. The van der Waals surface area contributed by atoms with E-state index in [0.29, 0.717) is 18.2 Å². The number of carbonyl (C=O) groups is 1. The van der Waals surface area contributed by atoms with E-state index >= 15 is 0 Å². The van der Waals surface area contributed by atoms with Gasteiger partial charge in [-0.05, 0) is 18.8 Å². The van der Waals surface area contributed by atoms with Gasteiger partial charge in [-0.25, -0.2) is 4.98 Å². The average molecular weight is 204 g/mol. The van der Waals surface area contributed by atoms with Crippen molar-refractivity contribution >= 4 is 5.91 Å². The lowest BCUT2D eigenvalue weighted by atomic mass is 10.3. The monoisotopic (exact) mass is 204 g/mol. The highest BCUT2D eigenvalue weighted by atomic mass is 16.3. The molecule has 4 heteroatoms. The van der Waals surface area contributed by atoms with E-state index in [1.807, 2.05) is 0 Å². The third-order valence-corrected chi connectivity index (χ3v) is 2.40. The minimum atomic E-state index is -0.145. The van der Waals surface area contributed by atoms with Crippen LogP contribution in [0.1, 0.15) is 23.3 Å². The molecule has 0 aliphatic heterocycles. The van der Waals surface area contributed by atoms with Gasteiger partial charge in [0.05, 0.1) is 6.54 Å². The van der Waals surface area contributed by atoms with Crippen molar-refractivity contribution in [3.05, 3.63) is 18.4 Å². The molecule has 1 amide bonds. The number of hydrogen-bond donors (Lipinski definition) is 0. The maximum Gasteiger partial charge on any atom is 0.276 e. The number of carbonyl (C=O) groups excluding carboxylic acids is 1. The molecule has 1 fully saturated rings. The van der Waals surface area contributed by atoms with Gasteiger partial charge < -0.3 is 9.32 Å². The molecule has 0 unspecified atom stereocenters. The van der Waals surface area contributed by atoms with Crippen molar-refractivity contribution in [3.8, 4) is 12.3 Å². The van der Waals surface area contributed by atoms with Gasteiger partial charge in [0.15, 0.2) is 12.1 Å². The van der Waals surface area contributed by atoms with Gasteiger partial charge in [-0.1, -0.05) is 5.92 Å². The zero-order valence-electron chi connectivity index (χ0n) is 8.35. The van der Waals surface area contributed by atoms with E-state index < -0.39 is 0 Å². The predicted molar refractivity (Wildman–Crippen MR) is 54.0 cm³/mol. The van der Waals surface area contributed by atoms with Gasteiger partial charge in [-0.15, -0.1) is 6.42 Å². The van der Waals surface area contributed by atoms with E-state index in [1.165, 1.54) is 25.5 Å². The summed E-state index contributed by atoms with van der Waals surface area (Å²) in [4.78, 5) is 17.3. The molecule has 1 aromatic heterocycles. The number of aromatic nitrogens is 1. The van der Waals surface area contributed by atoms with Gasteiger partial charge in [0.2, 0.25) is 0 Å².